The molecule has 0 aromatic carbocycles. The molecule has 1 aliphatic rings. The van der Waals surface area contributed by atoms with E-state index in [0.29, 0.717) is 19.6 Å². The quantitative estimate of drug-likeness (QED) is 0.799. The summed E-state index contributed by atoms with van der Waals surface area (Å²) in [5.41, 5.74) is 8.51. The molecular weight excluding hydrogens is 230 g/mol. The van der Waals surface area contributed by atoms with Crippen LogP contribution >= 0.6 is 0 Å². The first-order chi connectivity index (χ1) is 8.39. The van der Waals surface area contributed by atoms with Crippen molar-refractivity contribution in [2.24, 2.45) is 5.73 Å². The van der Waals surface area contributed by atoms with Crippen LogP contribution in [0.1, 0.15) is 37.7 Å². The predicted molar refractivity (Wildman–Crippen MR) is 69.0 cm³/mol. The molecule has 1 aromatic rings. The summed E-state index contributed by atoms with van der Waals surface area (Å²) in [6, 6.07) is 2.09. The highest BCUT2D eigenvalue weighted by Gasteiger charge is 2.26. The first-order valence-electron chi connectivity index (χ1n) is 6.26. The summed E-state index contributed by atoms with van der Waals surface area (Å²) in [6.45, 7) is 7.40. The van der Waals surface area contributed by atoms with Crippen LogP contribution in [0.5, 0.6) is 0 Å². The third-order valence-electron chi connectivity index (χ3n) is 2.92. The van der Waals surface area contributed by atoms with E-state index >= 15 is 0 Å². The number of aromatic amines is 1. The smallest absolute Gasteiger partial charge is 0.410 e. The fourth-order valence-corrected chi connectivity index (χ4v) is 2.09. The molecule has 18 heavy (non-hydrogen) atoms. The largest absolute Gasteiger partial charge is 0.444 e. The maximum atomic E-state index is 12.0. The number of fused-ring (bicyclic) bond motifs is 1. The summed E-state index contributed by atoms with van der Waals surface area (Å²) in [7, 11) is 0. The number of nitrogens with two attached hydrogens (primary N) is 1. The lowest BCUT2D eigenvalue weighted by molar-refractivity contribution is 0.0221. The number of nitrogens with zero attached hydrogens (tertiary/aromatic N) is 1. The van der Waals surface area contributed by atoms with E-state index in [0.717, 1.165) is 17.8 Å². The molecule has 0 radical (unpaired) electrons. The molecule has 0 bridgehead atoms. The van der Waals surface area contributed by atoms with Crippen LogP contribution in [0, 0.1) is 0 Å². The molecule has 0 atom stereocenters. The topological polar surface area (TPSA) is 71.3 Å². The molecule has 5 heteroatoms. The van der Waals surface area contributed by atoms with Crippen molar-refractivity contribution in [1.29, 1.82) is 0 Å². The zero-order valence-corrected chi connectivity index (χ0v) is 11.2. The highest BCUT2D eigenvalue weighted by molar-refractivity contribution is 5.68. The molecule has 5 nitrogen and oxygen atoms in total. The monoisotopic (exact) mass is 251 g/mol. The van der Waals surface area contributed by atoms with Gasteiger partial charge in [0.2, 0.25) is 0 Å². The summed E-state index contributed by atoms with van der Waals surface area (Å²) in [5.74, 6) is 0. The van der Waals surface area contributed by atoms with Gasteiger partial charge in [0, 0.05) is 24.5 Å². The Morgan fingerprint density at radius 2 is 2.28 bits per heavy atom. The number of ether oxygens (including phenoxy) is 1. The van der Waals surface area contributed by atoms with Crippen molar-refractivity contribution in [2.45, 2.75) is 45.9 Å². The van der Waals surface area contributed by atoms with E-state index in [2.05, 4.69) is 11.1 Å². The fourth-order valence-electron chi connectivity index (χ4n) is 2.09. The molecule has 0 fully saturated rings. The van der Waals surface area contributed by atoms with Gasteiger partial charge < -0.3 is 20.4 Å². The van der Waals surface area contributed by atoms with Crippen LogP contribution in [-0.2, 0) is 24.2 Å². The lowest BCUT2D eigenvalue weighted by Crippen LogP contribution is -2.39. The second kappa shape index (κ2) is 4.65. The Hall–Kier alpha value is -1.49. The number of carbonyl (C=O) groups excluding carboxylic acids is 1. The molecule has 2 rings (SSSR count). The van der Waals surface area contributed by atoms with E-state index in [1.807, 2.05) is 20.8 Å². The molecule has 2 heterocycles. The standard InChI is InChI=1S/C13H21N3O2/c1-13(2,3)18-12(17)16-5-4-9-6-10(7-14)15-11(9)8-16/h6,15H,4-5,7-8,14H2,1-3H3. The van der Waals surface area contributed by atoms with Gasteiger partial charge in [-0.15, -0.1) is 0 Å². The van der Waals surface area contributed by atoms with Crippen LogP contribution in [0.15, 0.2) is 6.07 Å². The number of carbonyl (C=O) groups is 1. The number of hydrogen-bond donors (Lipinski definition) is 2. The molecule has 1 aromatic heterocycles. The Morgan fingerprint density at radius 1 is 1.56 bits per heavy atom. The average molecular weight is 251 g/mol. The van der Waals surface area contributed by atoms with Crippen LogP contribution < -0.4 is 5.73 Å². The highest BCUT2D eigenvalue weighted by Crippen LogP contribution is 2.21. The van der Waals surface area contributed by atoms with E-state index < -0.39 is 5.60 Å². The van der Waals surface area contributed by atoms with Crippen molar-refractivity contribution in [2.75, 3.05) is 6.54 Å². The number of aromatic nitrogens is 1. The maximum Gasteiger partial charge on any atom is 0.410 e. The van der Waals surface area contributed by atoms with Crippen LogP contribution in [0.3, 0.4) is 0 Å². The zero-order valence-electron chi connectivity index (χ0n) is 11.2. The van der Waals surface area contributed by atoms with Crippen LogP contribution in [0.2, 0.25) is 0 Å². The molecule has 0 saturated heterocycles. The summed E-state index contributed by atoms with van der Waals surface area (Å²) in [5, 5.41) is 0. The second-order valence-electron chi connectivity index (χ2n) is 5.65. The lowest BCUT2D eigenvalue weighted by Gasteiger charge is -2.29. The van der Waals surface area contributed by atoms with Crippen molar-refractivity contribution in [1.82, 2.24) is 9.88 Å². The molecule has 0 spiro atoms. The van der Waals surface area contributed by atoms with Gasteiger partial charge >= 0.3 is 6.09 Å². The van der Waals surface area contributed by atoms with Gasteiger partial charge in [0.1, 0.15) is 5.60 Å². The molecule has 0 aliphatic carbocycles. The highest BCUT2D eigenvalue weighted by atomic mass is 16.6. The normalized spacial score (nSPS) is 15.4. The molecule has 0 unspecified atom stereocenters. The minimum atomic E-state index is -0.449. The average Bonchev–Trinajstić information content (AvgIpc) is 2.68. The number of H-pyrrole nitrogens is 1. The first-order valence-corrected chi connectivity index (χ1v) is 6.26. The minimum absolute atomic E-state index is 0.253. The van der Waals surface area contributed by atoms with Crippen LogP contribution in [0.25, 0.3) is 0 Å². The van der Waals surface area contributed by atoms with Gasteiger partial charge in [0.05, 0.1) is 6.54 Å². The minimum Gasteiger partial charge on any atom is -0.444 e. The van der Waals surface area contributed by atoms with E-state index in [1.54, 1.807) is 4.90 Å². The molecule has 0 saturated carbocycles. The molecule has 3 N–H and O–H groups in total. The Bertz CT molecular complexity index is 446. The SMILES string of the molecule is CC(C)(C)OC(=O)N1CCc2cc(CN)[nH]c2C1. The Balaban J connectivity index is 2.05. The number of hydrogen-bond acceptors (Lipinski definition) is 3. The summed E-state index contributed by atoms with van der Waals surface area (Å²) >= 11 is 0. The number of rotatable bonds is 1. The van der Waals surface area contributed by atoms with E-state index in [-0.39, 0.29) is 6.09 Å². The van der Waals surface area contributed by atoms with Gasteiger partial charge in [-0.25, -0.2) is 4.79 Å². The summed E-state index contributed by atoms with van der Waals surface area (Å²) in [6.07, 6.45) is 0.600. The van der Waals surface area contributed by atoms with Gasteiger partial charge in [0.25, 0.3) is 0 Å². The van der Waals surface area contributed by atoms with Crippen molar-refractivity contribution in [3.8, 4) is 0 Å². The van der Waals surface area contributed by atoms with Crippen molar-refractivity contribution < 1.29 is 9.53 Å². The van der Waals surface area contributed by atoms with Crippen LogP contribution in [-0.4, -0.2) is 28.1 Å². The lowest BCUT2D eigenvalue weighted by atomic mass is 10.1. The van der Waals surface area contributed by atoms with Gasteiger partial charge in [-0.05, 0) is 38.8 Å². The van der Waals surface area contributed by atoms with E-state index in [1.165, 1.54) is 5.56 Å². The number of amides is 1. The summed E-state index contributed by atoms with van der Waals surface area (Å²) < 4.78 is 5.37. The van der Waals surface area contributed by atoms with E-state index in [9.17, 15) is 4.79 Å². The van der Waals surface area contributed by atoms with Gasteiger partial charge in [0.15, 0.2) is 0 Å². The molecule has 1 aliphatic heterocycles. The van der Waals surface area contributed by atoms with Crippen LogP contribution in [0.4, 0.5) is 4.79 Å². The maximum absolute atomic E-state index is 12.0. The second-order valence-corrected chi connectivity index (χ2v) is 5.65. The van der Waals surface area contributed by atoms with Crippen molar-refractivity contribution in [3.63, 3.8) is 0 Å². The van der Waals surface area contributed by atoms with Gasteiger partial charge in [-0.1, -0.05) is 0 Å². The molecule has 100 valence electrons. The third-order valence-corrected chi connectivity index (χ3v) is 2.92. The molecular formula is C13H21N3O2. The van der Waals surface area contributed by atoms with Crippen molar-refractivity contribution >= 4 is 6.09 Å². The third kappa shape index (κ3) is 2.85. The van der Waals surface area contributed by atoms with Crippen molar-refractivity contribution in [3.05, 3.63) is 23.0 Å². The number of nitrogens with one attached hydrogen (secondary N) is 1. The van der Waals surface area contributed by atoms with Gasteiger partial charge in [-0.2, -0.15) is 0 Å². The summed E-state index contributed by atoms with van der Waals surface area (Å²) in [4.78, 5) is 16.9. The Kier molecular flexibility index (Phi) is 3.34. The molecule has 1 amide bonds. The van der Waals surface area contributed by atoms with E-state index in [4.69, 9.17) is 10.5 Å². The Morgan fingerprint density at radius 3 is 2.89 bits per heavy atom. The Labute approximate surface area is 107 Å². The zero-order chi connectivity index (χ0) is 13.3. The van der Waals surface area contributed by atoms with Gasteiger partial charge in [-0.3, -0.25) is 0 Å². The predicted octanol–water partition coefficient (Wildman–Crippen LogP) is 1.77. The fraction of sp³-hybridized carbons (Fsp3) is 0.615. The first kappa shape index (κ1) is 13.0.